The van der Waals surface area contributed by atoms with Gasteiger partial charge in [0.15, 0.2) is 0 Å². The fourth-order valence-corrected chi connectivity index (χ4v) is 9.11. The first-order valence-corrected chi connectivity index (χ1v) is 19.7. The van der Waals surface area contributed by atoms with E-state index in [1.54, 1.807) is 0 Å². The fourth-order valence-electron chi connectivity index (χ4n) is 9.11. The molecular weight excluding hydrogens is 691 g/mol. The van der Waals surface area contributed by atoms with Crippen LogP contribution in [0.4, 0.5) is 17.1 Å². The number of hydrogen-bond acceptors (Lipinski definition) is 2. The van der Waals surface area contributed by atoms with E-state index in [9.17, 15) is 0 Å². The average molecular weight is 730 g/mol. The number of nitrogens with zero attached hydrogens (tertiary/aromatic N) is 1. The predicted molar refractivity (Wildman–Crippen MR) is 240 cm³/mol. The third-order valence-electron chi connectivity index (χ3n) is 12.1. The third kappa shape index (κ3) is 5.48. The second-order valence-corrected chi connectivity index (χ2v) is 15.8. The van der Waals surface area contributed by atoms with Gasteiger partial charge in [0.2, 0.25) is 0 Å². The number of furan rings is 1. The number of hydrogen-bond donors (Lipinski definition) is 0. The molecular formula is C55H39NO. The lowest BCUT2D eigenvalue weighted by Crippen LogP contribution is -2.16. The molecule has 11 rings (SSSR count). The van der Waals surface area contributed by atoms with Crippen molar-refractivity contribution in [2.45, 2.75) is 19.3 Å². The number of anilines is 3. The summed E-state index contributed by atoms with van der Waals surface area (Å²) >= 11 is 0. The molecule has 0 saturated carbocycles. The summed E-state index contributed by atoms with van der Waals surface area (Å²) in [5.41, 5.74) is 17.5. The Labute approximate surface area is 332 Å². The van der Waals surface area contributed by atoms with Crippen molar-refractivity contribution in [2.75, 3.05) is 4.90 Å². The largest absolute Gasteiger partial charge is 0.456 e. The molecule has 1 aromatic heterocycles. The van der Waals surface area contributed by atoms with Crippen LogP contribution in [0.15, 0.2) is 205 Å². The van der Waals surface area contributed by atoms with Crippen molar-refractivity contribution in [3.63, 3.8) is 0 Å². The summed E-state index contributed by atoms with van der Waals surface area (Å²) in [4.78, 5) is 2.40. The molecule has 10 aromatic rings. The Morgan fingerprint density at radius 1 is 0.386 bits per heavy atom. The maximum Gasteiger partial charge on any atom is 0.137 e. The van der Waals surface area contributed by atoms with Gasteiger partial charge < -0.3 is 9.32 Å². The van der Waals surface area contributed by atoms with E-state index in [2.05, 4.69) is 213 Å². The van der Waals surface area contributed by atoms with Crippen molar-refractivity contribution in [3.05, 3.63) is 211 Å². The van der Waals surface area contributed by atoms with Crippen LogP contribution in [-0.2, 0) is 5.41 Å². The SMILES string of the molecule is CC1(C)c2ccccc2-c2ccc(N(c3ccc(-c4ccc(-c5cccc(-c6ccc7ccccc7c6)c5)cc4)cc3)c3cccc4oc5ccccc5c34)cc21. The summed E-state index contributed by atoms with van der Waals surface area (Å²) in [6.45, 7) is 4.69. The van der Waals surface area contributed by atoms with Gasteiger partial charge in [-0.3, -0.25) is 0 Å². The van der Waals surface area contributed by atoms with Gasteiger partial charge in [-0.25, -0.2) is 0 Å². The lowest BCUT2D eigenvalue weighted by atomic mass is 9.82. The van der Waals surface area contributed by atoms with Crippen LogP contribution in [-0.4, -0.2) is 0 Å². The van der Waals surface area contributed by atoms with E-state index in [1.807, 2.05) is 6.07 Å². The standard InChI is InChI=1S/C55H39NO/c1-55(2)49-17-7-5-15-46(49)47-32-31-45(35-50(47)55)56(51-18-10-20-53-54(51)48-16-6-8-19-52(48)57-53)44-29-27-38(28-30-44)37-21-23-39(24-22-37)41-13-9-14-42(33-41)43-26-25-36-11-3-4-12-40(36)34-43/h3-35H,1-2H3. The Bertz CT molecular complexity index is 3150. The zero-order valence-corrected chi connectivity index (χ0v) is 31.9. The van der Waals surface area contributed by atoms with E-state index in [-0.39, 0.29) is 5.41 Å². The molecule has 0 saturated heterocycles. The van der Waals surface area contributed by atoms with Crippen molar-refractivity contribution >= 4 is 49.8 Å². The highest BCUT2D eigenvalue weighted by atomic mass is 16.3. The molecule has 0 N–H and O–H groups in total. The molecule has 2 nitrogen and oxygen atoms in total. The Hall–Kier alpha value is -7.16. The van der Waals surface area contributed by atoms with Gasteiger partial charge in [-0.1, -0.05) is 159 Å². The molecule has 0 fully saturated rings. The Balaban J connectivity index is 0.964. The molecule has 0 amide bonds. The van der Waals surface area contributed by atoms with Crippen molar-refractivity contribution in [1.82, 2.24) is 0 Å². The minimum atomic E-state index is -0.115. The molecule has 57 heavy (non-hydrogen) atoms. The topological polar surface area (TPSA) is 16.4 Å². The van der Waals surface area contributed by atoms with Gasteiger partial charge in [0.05, 0.1) is 11.1 Å². The van der Waals surface area contributed by atoms with Gasteiger partial charge >= 0.3 is 0 Å². The zero-order valence-electron chi connectivity index (χ0n) is 31.9. The molecule has 0 aliphatic heterocycles. The van der Waals surface area contributed by atoms with Gasteiger partial charge in [0, 0.05) is 22.2 Å². The van der Waals surface area contributed by atoms with E-state index in [1.165, 1.54) is 66.4 Å². The van der Waals surface area contributed by atoms with Gasteiger partial charge in [0.1, 0.15) is 11.2 Å². The lowest BCUT2D eigenvalue weighted by Gasteiger charge is -2.28. The minimum absolute atomic E-state index is 0.115. The van der Waals surface area contributed by atoms with E-state index in [0.717, 1.165) is 39.0 Å². The summed E-state index contributed by atoms with van der Waals surface area (Å²) in [7, 11) is 0. The highest BCUT2D eigenvalue weighted by Crippen LogP contribution is 2.51. The molecule has 1 aliphatic rings. The maximum absolute atomic E-state index is 6.40. The van der Waals surface area contributed by atoms with Crippen molar-refractivity contribution < 1.29 is 4.42 Å². The van der Waals surface area contributed by atoms with Crippen molar-refractivity contribution in [2.24, 2.45) is 0 Å². The Morgan fingerprint density at radius 2 is 0.965 bits per heavy atom. The summed E-state index contributed by atoms with van der Waals surface area (Å²) in [5.74, 6) is 0. The Morgan fingerprint density at radius 3 is 1.79 bits per heavy atom. The number of para-hydroxylation sites is 1. The van der Waals surface area contributed by atoms with E-state index in [0.29, 0.717) is 0 Å². The smallest absolute Gasteiger partial charge is 0.137 e. The Kier molecular flexibility index (Phi) is 7.55. The molecule has 270 valence electrons. The van der Waals surface area contributed by atoms with Crippen LogP contribution in [0.25, 0.3) is 77.2 Å². The monoisotopic (exact) mass is 729 g/mol. The molecule has 0 radical (unpaired) electrons. The van der Waals surface area contributed by atoms with E-state index < -0.39 is 0 Å². The van der Waals surface area contributed by atoms with Crippen LogP contribution in [0.2, 0.25) is 0 Å². The average Bonchev–Trinajstić information content (AvgIpc) is 3.76. The fraction of sp³-hybridized carbons (Fsp3) is 0.0545. The van der Waals surface area contributed by atoms with Gasteiger partial charge in [-0.15, -0.1) is 0 Å². The molecule has 0 unspecified atom stereocenters. The van der Waals surface area contributed by atoms with Crippen LogP contribution in [0.3, 0.4) is 0 Å². The van der Waals surface area contributed by atoms with E-state index >= 15 is 0 Å². The van der Waals surface area contributed by atoms with Crippen LogP contribution in [0.5, 0.6) is 0 Å². The molecule has 1 heterocycles. The number of fused-ring (bicyclic) bond motifs is 7. The first-order chi connectivity index (χ1) is 28.0. The highest BCUT2D eigenvalue weighted by molar-refractivity contribution is 6.13. The third-order valence-corrected chi connectivity index (χ3v) is 12.1. The normalized spacial score (nSPS) is 12.9. The molecule has 2 heteroatoms. The van der Waals surface area contributed by atoms with E-state index in [4.69, 9.17) is 4.42 Å². The first-order valence-electron chi connectivity index (χ1n) is 19.7. The molecule has 0 atom stereocenters. The van der Waals surface area contributed by atoms with Crippen LogP contribution >= 0.6 is 0 Å². The van der Waals surface area contributed by atoms with Crippen LogP contribution in [0, 0.1) is 0 Å². The minimum Gasteiger partial charge on any atom is -0.456 e. The summed E-state index contributed by atoms with van der Waals surface area (Å²) in [5, 5.41) is 4.74. The molecule has 9 aromatic carbocycles. The van der Waals surface area contributed by atoms with Crippen molar-refractivity contribution in [1.29, 1.82) is 0 Å². The quantitative estimate of drug-likeness (QED) is 0.169. The number of benzene rings is 9. The lowest BCUT2D eigenvalue weighted by molar-refractivity contribution is 0.660. The first kappa shape index (κ1) is 33.2. The number of rotatable bonds is 6. The van der Waals surface area contributed by atoms with Crippen LogP contribution in [0.1, 0.15) is 25.0 Å². The zero-order chi connectivity index (χ0) is 38.1. The van der Waals surface area contributed by atoms with Crippen LogP contribution < -0.4 is 4.90 Å². The summed E-state index contributed by atoms with van der Waals surface area (Å²) < 4.78 is 6.40. The van der Waals surface area contributed by atoms with Gasteiger partial charge in [-0.2, -0.15) is 0 Å². The molecule has 0 spiro atoms. The summed E-state index contributed by atoms with van der Waals surface area (Å²) in [6.07, 6.45) is 0. The maximum atomic E-state index is 6.40. The summed E-state index contributed by atoms with van der Waals surface area (Å²) in [6, 6.07) is 72.7. The second kappa shape index (κ2) is 13.0. The van der Waals surface area contributed by atoms with Crippen molar-refractivity contribution in [3.8, 4) is 44.5 Å². The second-order valence-electron chi connectivity index (χ2n) is 15.8. The van der Waals surface area contributed by atoms with Gasteiger partial charge in [-0.05, 0) is 121 Å². The van der Waals surface area contributed by atoms with Gasteiger partial charge in [0.25, 0.3) is 0 Å². The predicted octanol–water partition coefficient (Wildman–Crippen LogP) is 15.5. The molecule has 1 aliphatic carbocycles. The highest BCUT2D eigenvalue weighted by Gasteiger charge is 2.36. The molecule has 0 bridgehead atoms.